The fourth-order valence-electron chi connectivity index (χ4n) is 3.18. The van der Waals surface area contributed by atoms with Crippen molar-refractivity contribution in [2.45, 2.75) is 38.4 Å². The van der Waals surface area contributed by atoms with E-state index < -0.39 is 6.04 Å². The van der Waals surface area contributed by atoms with Gasteiger partial charge in [0.05, 0.1) is 6.04 Å². The predicted octanol–water partition coefficient (Wildman–Crippen LogP) is 2.08. The second kappa shape index (κ2) is 8.63. The van der Waals surface area contributed by atoms with Gasteiger partial charge in [-0.05, 0) is 29.5 Å². The quantitative estimate of drug-likeness (QED) is 0.746. The lowest BCUT2D eigenvalue weighted by molar-refractivity contribution is -0.130. The molecule has 0 aliphatic carbocycles. The van der Waals surface area contributed by atoms with Crippen LogP contribution in [0.15, 0.2) is 54.6 Å². The molecule has 2 amide bonds. The van der Waals surface area contributed by atoms with Crippen LogP contribution in [-0.4, -0.2) is 24.4 Å². The summed E-state index contributed by atoms with van der Waals surface area (Å²) in [4.78, 5) is 25.4. The van der Waals surface area contributed by atoms with E-state index >= 15 is 0 Å². The fourth-order valence-corrected chi connectivity index (χ4v) is 3.18. The van der Waals surface area contributed by atoms with E-state index in [-0.39, 0.29) is 17.9 Å². The summed E-state index contributed by atoms with van der Waals surface area (Å²) in [6.45, 7) is 3.25. The molecule has 1 aliphatic rings. The Balaban J connectivity index is 1.72. The zero-order chi connectivity index (χ0) is 18.4. The molecule has 26 heavy (non-hydrogen) atoms. The van der Waals surface area contributed by atoms with Gasteiger partial charge in [-0.15, -0.1) is 0 Å². The standard InChI is InChI=1S/C21H25N3O2/c1-2-12-22-21(26)19(15-8-4-3-5-9-15)24-20(25)18-13-16-10-6-7-11-17(16)14-23-18/h3-11,18-19,23H,2,12-14H2,1H3,(H,22,26)(H,24,25). The van der Waals surface area contributed by atoms with Crippen LogP contribution in [0.2, 0.25) is 0 Å². The Hall–Kier alpha value is -2.66. The molecule has 2 aromatic rings. The average molecular weight is 351 g/mol. The fraction of sp³-hybridized carbons (Fsp3) is 0.333. The molecular weight excluding hydrogens is 326 g/mol. The molecule has 2 unspecified atom stereocenters. The maximum Gasteiger partial charge on any atom is 0.247 e. The number of benzene rings is 2. The molecule has 1 aliphatic heterocycles. The first kappa shape index (κ1) is 18.1. The van der Waals surface area contributed by atoms with Crippen LogP contribution in [0.25, 0.3) is 0 Å². The molecule has 0 saturated heterocycles. The second-order valence-corrected chi connectivity index (χ2v) is 6.55. The molecule has 136 valence electrons. The molecule has 0 spiro atoms. The third kappa shape index (κ3) is 4.29. The molecule has 1 heterocycles. The number of carbonyl (C=O) groups excluding carboxylic acids is 2. The lowest BCUT2D eigenvalue weighted by Gasteiger charge is -2.27. The number of nitrogens with one attached hydrogen (secondary N) is 3. The van der Waals surface area contributed by atoms with E-state index in [4.69, 9.17) is 0 Å². The van der Waals surface area contributed by atoms with Gasteiger partial charge in [0, 0.05) is 13.1 Å². The van der Waals surface area contributed by atoms with Crippen LogP contribution >= 0.6 is 0 Å². The Labute approximate surface area is 154 Å². The van der Waals surface area contributed by atoms with Crippen LogP contribution in [0.3, 0.4) is 0 Å². The molecule has 0 saturated carbocycles. The summed E-state index contributed by atoms with van der Waals surface area (Å²) in [6, 6.07) is 16.5. The first-order chi connectivity index (χ1) is 12.7. The predicted molar refractivity (Wildman–Crippen MR) is 101 cm³/mol. The molecule has 5 nitrogen and oxygen atoms in total. The molecular formula is C21H25N3O2. The minimum absolute atomic E-state index is 0.153. The van der Waals surface area contributed by atoms with Gasteiger partial charge in [0.2, 0.25) is 11.8 Å². The Morgan fingerprint density at radius 2 is 1.77 bits per heavy atom. The van der Waals surface area contributed by atoms with Crippen molar-refractivity contribution < 1.29 is 9.59 Å². The number of carbonyl (C=O) groups is 2. The molecule has 0 fully saturated rings. The highest BCUT2D eigenvalue weighted by atomic mass is 16.2. The summed E-state index contributed by atoms with van der Waals surface area (Å²) < 4.78 is 0. The zero-order valence-electron chi connectivity index (χ0n) is 15.0. The monoisotopic (exact) mass is 351 g/mol. The number of hydrogen-bond donors (Lipinski definition) is 3. The van der Waals surface area contributed by atoms with Crippen molar-refractivity contribution in [1.82, 2.24) is 16.0 Å². The highest BCUT2D eigenvalue weighted by molar-refractivity contribution is 5.90. The topological polar surface area (TPSA) is 70.2 Å². The van der Waals surface area contributed by atoms with E-state index in [1.165, 1.54) is 11.1 Å². The van der Waals surface area contributed by atoms with Gasteiger partial charge in [0.1, 0.15) is 6.04 Å². The molecule has 3 N–H and O–H groups in total. The SMILES string of the molecule is CCCNC(=O)C(NC(=O)C1Cc2ccccc2CN1)c1ccccc1. The molecule has 2 atom stereocenters. The first-order valence-corrected chi connectivity index (χ1v) is 9.12. The summed E-state index contributed by atoms with van der Waals surface area (Å²) in [5.41, 5.74) is 3.18. The zero-order valence-corrected chi connectivity index (χ0v) is 15.0. The summed E-state index contributed by atoms with van der Waals surface area (Å²) >= 11 is 0. The number of hydrogen-bond acceptors (Lipinski definition) is 3. The van der Waals surface area contributed by atoms with Gasteiger partial charge in [-0.25, -0.2) is 0 Å². The largest absolute Gasteiger partial charge is 0.354 e. The highest BCUT2D eigenvalue weighted by Gasteiger charge is 2.28. The summed E-state index contributed by atoms with van der Waals surface area (Å²) in [7, 11) is 0. The van der Waals surface area contributed by atoms with Crippen LogP contribution in [0.1, 0.15) is 36.1 Å². The van der Waals surface area contributed by atoms with E-state index in [0.717, 1.165) is 12.0 Å². The maximum absolute atomic E-state index is 12.8. The van der Waals surface area contributed by atoms with Gasteiger partial charge in [-0.1, -0.05) is 61.5 Å². The van der Waals surface area contributed by atoms with Crippen LogP contribution in [0.5, 0.6) is 0 Å². The molecule has 3 rings (SSSR count). The van der Waals surface area contributed by atoms with E-state index in [9.17, 15) is 9.59 Å². The van der Waals surface area contributed by atoms with E-state index in [0.29, 0.717) is 19.5 Å². The third-order valence-electron chi connectivity index (χ3n) is 4.63. The van der Waals surface area contributed by atoms with Gasteiger partial charge in [0.15, 0.2) is 0 Å². The highest BCUT2D eigenvalue weighted by Crippen LogP contribution is 2.18. The van der Waals surface area contributed by atoms with Crippen LogP contribution < -0.4 is 16.0 Å². The molecule has 5 heteroatoms. The van der Waals surface area contributed by atoms with E-state index in [1.54, 1.807) is 0 Å². The Morgan fingerprint density at radius 1 is 1.08 bits per heavy atom. The lowest BCUT2D eigenvalue weighted by atomic mass is 9.95. The summed E-state index contributed by atoms with van der Waals surface area (Å²) in [6.07, 6.45) is 1.47. The molecule has 0 aromatic heterocycles. The van der Waals surface area contributed by atoms with Gasteiger partial charge in [-0.2, -0.15) is 0 Å². The van der Waals surface area contributed by atoms with E-state index in [1.807, 2.05) is 49.4 Å². The van der Waals surface area contributed by atoms with Crippen molar-refractivity contribution in [3.8, 4) is 0 Å². The molecule has 2 aromatic carbocycles. The van der Waals surface area contributed by atoms with Crippen molar-refractivity contribution in [2.75, 3.05) is 6.54 Å². The number of amides is 2. The van der Waals surface area contributed by atoms with Gasteiger partial charge >= 0.3 is 0 Å². The van der Waals surface area contributed by atoms with Gasteiger partial charge < -0.3 is 16.0 Å². The smallest absolute Gasteiger partial charge is 0.247 e. The summed E-state index contributed by atoms with van der Waals surface area (Å²) in [5.74, 6) is -0.331. The molecule has 0 bridgehead atoms. The first-order valence-electron chi connectivity index (χ1n) is 9.12. The second-order valence-electron chi connectivity index (χ2n) is 6.55. The lowest BCUT2D eigenvalue weighted by Crippen LogP contribution is -2.51. The average Bonchev–Trinajstić information content (AvgIpc) is 2.70. The van der Waals surface area contributed by atoms with Crippen molar-refractivity contribution in [3.05, 3.63) is 71.3 Å². The van der Waals surface area contributed by atoms with Gasteiger partial charge in [0.25, 0.3) is 0 Å². The van der Waals surface area contributed by atoms with Crippen molar-refractivity contribution in [2.24, 2.45) is 0 Å². The Morgan fingerprint density at radius 3 is 2.50 bits per heavy atom. The van der Waals surface area contributed by atoms with Crippen molar-refractivity contribution in [3.63, 3.8) is 0 Å². The third-order valence-corrected chi connectivity index (χ3v) is 4.63. The van der Waals surface area contributed by atoms with Crippen LogP contribution in [0, 0.1) is 0 Å². The van der Waals surface area contributed by atoms with E-state index in [2.05, 4.69) is 28.1 Å². The number of fused-ring (bicyclic) bond motifs is 1. The van der Waals surface area contributed by atoms with Crippen molar-refractivity contribution in [1.29, 1.82) is 0 Å². The van der Waals surface area contributed by atoms with Crippen molar-refractivity contribution >= 4 is 11.8 Å². The minimum Gasteiger partial charge on any atom is -0.354 e. The molecule has 0 radical (unpaired) electrons. The van der Waals surface area contributed by atoms with Crippen LogP contribution in [0.4, 0.5) is 0 Å². The Kier molecular flexibility index (Phi) is 6.02. The maximum atomic E-state index is 12.8. The summed E-state index contributed by atoms with van der Waals surface area (Å²) in [5, 5.41) is 9.08. The van der Waals surface area contributed by atoms with Gasteiger partial charge in [-0.3, -0.25) is 9.59 Å². The Bertz CT molecular complexity index is 761. The number of rotatable bonds is 6. The van der Waals surface area contributed by atoms with Crippen LogP contribution in [-0.2, 0) is 22.6 Å². The minimum atomic E-state index is -0.686. The normalized spacial score (nSPS) is 17.0.